The molecule has 0 aliphatic heterocycles. The van der Waals surface area contributed by atoms with E-state index >= 15 is 0 Å². The van der Waals surface area contributed by atoms with Crippen LogP contribution >= 0.6 is 22.9 Å². The molecule has 2 rings (SSSR count). The highest BCUT2D eigenvalue weighted by Gasteiger charge is 2.18. The van der Waals surface area contributed by atoms with Crippen LogP contribution in [0.4, 0.5) is 0 Å². The number of hydrogen-bond acceptors (Lipinski definition) is 4. The van der Waals surface area contributed by atoms with E-state index in [1.807, 2.05) is 11.4 Å². The largest absolute Gasteiger partial charge is 0.427 e. The van der Waals surface area contributed by atoms with Crippen molar-refractivity contribution in [2.45, 2.75) is 19.2 Å². The monoisotopic (exact) mass is 282 g/mol. The van der Waals surface area contributed by atoms with Crippen LogP contribution in [0.3, 0.4) is 0 Å². The average molecular weight is 283 g/mol. The van der Waals surface area contributed by atoms with Crippen LogP contribution in [0.5, 0.6) is 5.75 Å². The minimum atomic E-state index is -0.661. The molecule has 1 atom stereocenters. The van der Waals surface area contributed by atoms with Gasteiger partial charge in [0, 0.05) is 17.0 Å². The van der Waals surface area contributed by atoms with E-state index in [-0.39, 0.29) is 11.8 Å². The SMILES string of the molecule is CC(=O)Oc1ccc2scc(C(Cl)C(C)=O)c2c1. The number of ketones is 1. The molecule has 5 heteroatoms. The van der Waals surface area contributed by atoms with E-state index in [2.05, 4.69) is 0 Å². The fraction of sp³-hybridized carbons (Fsp3) is 0.231. The van der Waals surface area contributed by atoms with Gasteiger partial charge in [0.1, 0.15) is 11.1 Å². The number of carbonyl (C=O) groups is 2. The smallest absolute Gasteiger partial charge is 0.308 e. The summed E-state index contributed by atoms with van der Waals surface area (Å²) >= 11 is 7.58. The topological polar surface area (TPSA) is 43.4 Å². The van der Waals surface area contributed by atoms with Crippen molar-refractivity contribution < 1.29 is 14.3 Å². The van der Waals surface area contributed by atoms with Crippen molar-refractivity contribution in [1.82, 2.24) is 0 Å². The van der Waals surface area contributed by atoms with Crippen LogP contribution in [-0.4, -0.2) is 11.8 Å². The highest BCUT2D eigenvalue weighted by atomic mass is 35.5. The van der Waals surface area contributed by atoms with Crippen molar-refractivity contribution in [2.75, 3.05) is 0 Å². The van der Waals surface area contributed by atoms with Gasteiger partial charge in [0.05, 0.1) is 0 Å². The third kappa shape index (κ3) is 2.54. The number of halogens is 1. The quantitative estimate of drug-likeness (QED) is 0.490. The lowest BCUT2D eigenvalue weighted by atomic mass is 10.1. The zero-order chi connectivity index (χ0) is 13.3. The lowest BCUT2D eigenvalue weighted by Gasteiger charge is -2.05. The normalized spacial score (nSPS) is 12.4. The summed E-state index contributed by atoms with van der Waals surface area (Å²) in [5.41, 5.74) is 0.762. The standard InChI is InChI=1S/C13H11ClO3S/c1-7(15)13(14)11-6-18-12-4-3-9(5-10(11)12)17-8(2)16/h3-6,13H,1-2H3. The predicted molar refractivity (Wildman–Crippen MR) is 72.4 cm³/mol. The molecule has 1 aromatic heterocycles. The van der Waals surface area contributed by atoms with Crippen LogP contribution < -0.4 is 4.74 Å². The molecule has 1 unspecified atom stereocenters. The van der Waals surface area contributed by atoms with E-state index in [1.54, 1.807) is 12.1 Å². The van der Waals surface area contributed by atoms with Gasteiger partial charge < -0.3 is 4.74 Å². The molecule has 0 saturated heterocycles. The highest BCUT2D eigenvalue weighted by molar-refractivity contribution is 7.17. The Hall–Kier alpha value is -1.39. The maximum Gasteiger partial charge on any atom is 0.308 e. The summed E-state index contributed by atoms with van der Waals surface area (Å²) in [6, 6.07) is 5.31. The van der Waals surface area contributed by atoms with Crippen molar-refractivity contribution in [3.63, 3.8) is 0 Å². The minimum Gasteiger partial charge on any atom is -0.427 e. The summed E-state index contributed by atoms with van der Waals surface area (Å²) in [6.45, 7) is 2.80. The molecule has 3 nitrogen and oxygen atoms in total. The van der Waals surface area contributed by atoms with Crippen molar-refractivity contribution in [1.29, 1.82) is 0 Å². The molecule has 94 valence electrons. The van der Waals surface area contributed by atoms with Crippen LogP contribution in [0.15, 0.2) is 23.6 Å². The molecule has 2 aromatic rings. The van der Waals surface area contributed by atoms with E-state index < -0.39 is 5.38 Å². The molecule has 0 bridgehead atoms. The second-order valence-corrected chi connectivity index (χ2v) is 5.26. The predicted octanol–water partition coefficient (Wildman–Crippen LogP) is 3.70. The van der Waals surface area contributed by atoms with Crippen molar-refractivity contribution in [3.05, 3.63) is 29.1 Å². The summed E-state index contributed by atoms with van der Waals surface area (Å²) in [7, 11) is 0. The summed E-state index contributed by atoms with van der Waals surface area (Å²) < 4.78 is 6.03. The van der Waals surface area contributed by atoms with Crippen molar-refractivity contribution >= 4 is 44.8 Å². The zero-order valence-electron chi connectivity index (χ0n) is 9.90. The van der Waals surface area contributed by atoms with E-state index in [0.717, 1.165) is 15.6 Å². The van der Waals surface area contributed by atoms with Crippen LogP contribution in [0, 0.1) is 0 Å². The van der Waals surface area contributed by atoms with Gasteiger partial charge in [-0.15, -0.1) is 22.9 Å². The zero-order valence-corrected chi connectivity index (χ0v) is 11.5. The summed E-state index contributed by atoms with van der Waals surface area (Å²) in [6.07, 6.45) is 0. The molecular weight excluding hydrogens is 272 g/mol. The Morgan fingerprint density at radius 2 is 2.06 bits per heavy atom. The van der Waals surface area contributed by atoms with Crippen molar-refractivity contribution in [3.8, 4) is 5.75 Å². The molecular formula is C13H11ClO3S. The third-order valence-corrected chi connectivity index (χ3v) is 3.99. The summed E-state index contributed by atoms with van der Waals surface area (Å²) in [5.74, 6) is -0.0172. The molecule has 0 aliphatic rings. The van der Waals surface area contributed by atoms with Gasteiger partial charge in [-0.25, -0.2) is 0 Å². The molecule has 1 aromatic carbocycles. The van der Waals surface area contributed by atoms with Gasteiger partial charge in [-0.2, -0.15) is 0 Å². The highest BCUT2D eigenvalue weighted by Crippen LogP contribution is 2.35. The van der Waals surface area contributed by atoms with Crippen LogP contribution in [0.1, 0.15) is 24.8 Å². The lowest BCUT2D eigenvalue weighted by molar-refractivity contribution is -0.131. The summed E-state index contributed by atoms with van der Waals surface area (Å²) in [5, 5.41) is 2.06. The van der Waals surface area contributed by atoms with Gasteiger partial charge in [-0.3, -0.25) is 9.59 Å². The fourth-order valence-corrected chi connectivity index (χ4v) is 2.90. The Labute approximate surface area is 113 Å². The van der Waals surface area contributed by atoms with E-state index in [9.17, 15) is 9.59 Å². The number of ether oxygens (including phenoxy) is 1. The maximum absolute atomic E-state index is 11.3. The van der Waals surface area contributed by atoms with Crippen LogP contribution in [0.25, 0.3) is 10.1 Å². The van der Waals surface area contributed by atoms with Crippen LogP contribution in [-0.2, 0) is 9.59 Å². The number of hydrogen-bond donors (Lipinski definition) is 0. The van der Waals surface area contributed by atoms with Gasteiger partial charge in [-0.1, -0.05) is 0 Å². The first kappa shape index (κ1) is 13.1. The second kappa shape index (κ2) is 5.08. The number of alkyl halides is 1. The third-order valence-electron chi connectivity index (χ3n) is 2.47. The lowest BCUT2D eigenvalue weighted by Crippen LogP contribution is -2.02. The number of Topliss-reactive ketones (excluding diaryl/α,β-unsaturated/α-hetero) is 1. The fourth-order valence-electron chi connectivity index (χ4n) is 1.67. The van der Waals surface area contributed by atoms with E-state index in [1.165, 1.54) is 25.2 Å². The number of benzene rings is 1. The van der Waals surface area contributed by atoms with Crippen molar-refractivity contribution in [2.24, 2.45) is 0 Å². The van der Waals surface area contributed by atoms with Crippen LogP contribution in [0.2, 0.25) is 0 Å². The Morgan fingerprint density at radius 1 is 1.33 bits per heavy atom. The van der Waals surface area contributed by atoms with Gasteiger partial charge in [0.2, 0.25) is 0 Å². The number of rotatable bonds is 3. The Bertz CT molecular complexity index is 618. The van der Waals surface area contributed by atoms with Gasteiger partial charge in [0.15, 0.2) is 5.78 Å². The van der Waals surface area contributed by atoms with Gasteiger partial charge in [-0.05, 0) is 36.1 Å². The van der Waals surface area contributed by atoms with Gasteiger partial charge in [0.25, 0.3) is 0 Å². The Kier molecular flexibility index (Phi) is 3.68. The first-order chi connectivity index (χ1) is 8.49. The molecule has 0 radical (unpaired) electrons. The molecule has 0 N–H and O–H groups in total. The molecule has 0 aliphatic carbocycles. The molecule has 18 heavy (non-hydrogen) atoms. The maximum atomic E-state index is 11.3. The summed E-state index contributed by atoms with van der Waals surface area (Å²) in [4.78, 5) is 22.3. The average Bonchev–Trinajstić information content (AvgIpc) is 2.70. The first-order valence-corrected chi connectivity index (χ1v) is 6.64. The number of thiophene rings is 1. The molecule has 0 fully saturated rings. The molecule has 0 amide bonds. The van der Waals surface area contributed by atoms with E-state index in [4.69, 9.17) is 16.3 Å². The second-order valence-electron chi connectivity index (χ2n) is 3.92. The number of fused-ring (bicyclic) bond motifs is 1. The molecule has 0 spiro atoms. The Balaban J connectivity index is 2.49. The number of carbonyl (C=O) groups excluding carboxylic acids is 2. The number of esters is 1. The minimum absolute atomic E-state index is 0.103. The molecule has 0 saturated carbocycles. The molecule has 1 heterocycles. The Morgan fingerprint density at radius 3 is 2.67 bits per heavy atom. The van der Waals surface area contributed by atoms with E-state index in [0.29, 0.717) is 5.75 Å². The first-order valence-electron chi connectivity index (χ1n) is 5.33. The van der Waals surface area contributed by atoms with Gasteiger partial charge >= 0.3 is 5.97 Å².